The molecule has 0 spiro atoms. The molecule has 2 rings (SSSR count). The molecule has 1 aliphatic carbocycles. The van der Waals surface area contributed by atoms with Crippen molar-refractivity contribution in [1.29, 1.82) is 0 Å². The van der Waals surface area contributed by atoms with Crippen molar-refractivity contribution in [3.63, 3.8) is 0 Å². The summed E-state index contributed by atoms with van der Waals surface area (Å²) in [6.07, 6.45) is 0.152. The Bertz CT molecular complexity index is 259. The van der Waals surface area contributed by atoms with E-state index >= 15 is 0 Å². The molecule has 0 aromatic carbocycles. The molecular weight excluding hydrogens is 241 g/mol. The highest BCUT2D eigenvalue weighted by Crippen LogP contribution is 2.36. The van der Waals surface area contributed by atoms with Gasteiger partial charge in [0.1, 0.15) is 0 Å². The summed E-state index contributed by atoms with van der Waals surface area (Å²) < 4.78 is 37.7. The van der Waals surface area contributed by atoms with E-state index in [0.717, 1.165) is 13.1 Å². The predicted octanol–water partition coefficient (Wildman–Crippen LogP) is 2.64. The van der Waals surface area contributed by atoms with Gasteiger partial charge in [0.15, 0.2) is 0 Å². The molecule has 2 atom stereocenters. The number of nitrogens with two attached hydrogens (primary N) is 1. The van der Waals surface area contributed by atoms with Crippen LogP contribution in [0.4, 0.5) is 13.2 Å². The maximum Gasteiger partial charge on any atom is 0.391 e. The van der Waals surface area contributed by atoms with Crippen molar-refractivity contribution >= 4 is 0 Å². The van der Waals surface area contributed by atoms with E-state index in [1.807, 2.05) is 0 Å². The van der Waals surface area contributed by atoms with Crippen molar-refractivity contribution in [3.8, 4) is 0 Å². The first-order chi connectivity index (χ1) is 8.50. The molecule has 2 unspecified atom stereocenters. The zero-order chi connectivity index (χ0) is 13.2. The molecule has 1 aliphatic heterocycles. The van der Waals surface area contributed by atoms with Crippen molar-refractivity contribution in [2.45, 2.75) is 38.3 Å². The largest absolute Gasteiger partial charge is 0.391 e. The average molecular weight is 264 g/mol. The summed E-state index contributed by atoms with van der Waals surface area (Å²) in [5.74, 6) is 0.116. The third kappa shape index (κ3) is 3.38. The molecule has 106 valence electrons. The fraction of sp³-hybridized carbons (Fsp3) is 1.00. The third-order valence-corrected chi connectivity index (χ3v) is 4.66. The molecule has 0 aromatic heterocycles. The van der Waals surface area contributed by atoms with Crippen molar-refractivity contribution in [2.24, 2.45) is 23.5 Å². The lowest BCUT2D eigenvalue weighted by molar-refractivity contribution is -0.185. The summed E-state index contributed by atoms with van der Waals surface area (Å²) in [5.41, 5.74) is 5.74. The van der Waals surface area contributed by atoms with Gasteiger partial charge in [0, 0.05) is 6.54 Å². The molecule has 2 nitrogen and oxygen atoms in total. The average Bonchev–Trinajstić information content (AvgIpc) is 2.76. The normalized spacial score (nSPS) is 32.0. The topological polar surface area (TPSA) is 29.3 Å². The minimum Gasteiger partial charge on any atom is -0.330 e. The summed E-state index contributed by atoms with van der Waals surface area (Å²) in [4.78, 5) is 2.21. The standard InChI is InChI=1S/C13H23F3N2/c14-13(15,16)12-4-6-18(7-5-12)9-11-3-1-2-10(11)8-17/h10-12H,1-9,17H2. The van der Waals surface area contributed by atoms with Gasteiger partial charge in [-0.25, -0.2) is 0 Å². The lowest BCUT2D eigenvalue weighted by Crippen LogP contribution is -2.42. The Morgan fingerprint density at radius 3 is 2.17 bits per heavy atom. The van der Waals surface area contributed by atoms with Gasteiger partial charge >= 0.3 is 6.18 Å². The highest BCUT2D eigenvalue weighted by molar-refractivity contribution is 4.83. The number of halogens is 3. The molecule has 2 aliphatic rings. The van der Waals surface area contributed by atoms with Gasteiger partial charge in [-0.05, 0) is 57.2 Å². The summed E-state index contributed by atoms with van der Waals surface area (Å²) >= 11 is 0. The molecule has 5 heteroatoms. The highest BCUT2D eigenvalue weighted by Gasteiger charge is 2.41. The smallest absolute Gasteiger partial charge is 0.330 e. The van der Waals surface area contributed by atoms with Crippen LogP contribution in [-0.2, 0) is 0 Å². The number of rotatable bonds is 3. The number of nitrogens with zero attached hydrogens (tertiary/aromatic N) is 1. The van der Waals surface area contributed by atoms with E-state index in [9.17, 15) is 13.2 Å². The first kappa shape index (κ1) is 14.1. The van der Waals surface area contributed by atoms with Crippen LogP contribution < -0.4 is 5.73 Å². The number of hydrogen-bond donors (Lipinski definition) is 1. The minimum atomic E-state index is -4.00. The molecule has 2 N–H and O–H groups in total. The summed E-state index contributed by atoms with van der Waals surface area (Å²) in [6.45, 7) is 2.87. The van der Waals surface area contributed by atoms with Crippen molar-refractivity contribution in [1.82, 2.24) is 4.90 Å². The predicted molar refractivity (Wildman–Crippen MR) is 65.1 cm³/mol. The van der Waals surface area contributed by atoms with Gasteiger partial charge in [-0.2, -0.15) is 13.2 Å². The van der Waals surface area contributed by atoms with Crippen molar-refractivity contribution < 1.29 is 13.2 Å². The van der Waals surface area contributed by atoms with Crippen LogP contribution in [0.3, 0.4) is 0 Å². The Kier molecular flexibility index (Phi) is 4.54. The van der Waals surface area contributed by atoms with E-state index in [4.69, 9.17) is 5.73 Å². The van der Waals surface area contributed by atoms with Crippen LogP contribution in [-0.4, -0.2) is 37.3 Å². The summed E-state index contributed by atoms with van der Waals surface area (Å²) in [5, 5.41) is 0. The Hall–Kier alpha value is -0.290. The highest BCUT2D eigenvalue weighted by atomic mass is 19.4. The number of hydrogen-bond acceptors (Lipinski definition) is 2. The van der Waals surface area contributed by atoms with Crippen LogP contribution in [0.25, 0.3) is 0 Å². The summed E-state index contributed by atoms with van der Waals surface area (Å²) in [6, 6.07) is 0. The second-order valence-electron chi connectivity index (χ2n) is 5.80. The van der Waals surface area contributed by atoms with E-state index in [-0.39, 0.29) is 12.8 Å². The number of likely N-dealkylation sites (tertiary alicyclic amines) is 1. The maximum atomic E-state index is 12.6. The second-order valence-corrected chi connectivity index (χ2v) is 5.80. The Morgan fingerprint density at radius 1 is 1.00 bits per heavy atom. The molecule has 0 bridgehead atoms. The van der Waals surface area contributed by atoms with Crippen LogP contribution in [0.15, 0.2) is 0 Å². The maximum absolute atomic E-state index is 12.6. The Balaban J connectivity index is 1.77. The van der Waals surface area contributed by atoms with Crippen LogP contribution in [0, 0.1) is 17.8 Å². The minimum absolute atomic E-state index is 0.267. The Labute approximate surface area is 107 Å². The first-order valence-corrected chi connectivity index (χ1v) is 7.00. The quantitative estimate of drug-likeness (QED) is 0.849. The number of piperidine rings is 1. The molecule has 18 heavy (non-hydrogen) atoms. The second kappa shape index (κ2) is 5.78. The molecule has 0 radical (unpaired) electrons. The first-order valence-electron chi connectivity index (χ1n) is 7.00. The molecule has 2 fully saturated rings. The zero-order valence-corrected chi connectivity index (χ0v) is 10.8. The van der Waals surface area contributed by atoms with E-state index in [1.165, 1.54) is 19.3 Å². The van der Waals surface area contributed by atoms with Crippen molar-refractivity contribution in [2.75, 3.05) is 26.2 Å². The van der Waals surface area contributed by atoms with E-state index < -0.39 is 12.1 Å². The van der Waals surface area contributed by atoms with E-state index in [0.29, 0.717) is 24.9 Å². The molecule has 0 amide bonds. The van der Waals surface area contributed by atoms with Gasteiger partial charge in [-0.15, -0.1) is 0 Å². The summed E-state index contributed by atoms with van der Waals surface area (Å²) in [7, 11) is 0. The zero-order valence-electron chi connectivity index (χ0n) is 10.8. The fourth-order valence-electron chi connectivity index (χ4n) is 3.44. The molecule has 1 saturated heterocycles. The fourth-order valence-corrected chi connectivity index (χ4v) is 3.44. The molecular formula is C13H23F3N2. The van der Waals surface area contributed by atoms with E-state index in [1.54, 1.807) is 0 Å². The van der Waals surface area contributed by atoms with Crippen LogP contribution >= 0.6 is 0 Å². The van der Waals surface area contributed by atoms with Gasteiger partial charge in [0.2, 0.25) is 0 Å². The van der Waals surface area contributed by atoms with Crippen LogP contribution in [0.1, 0.15) is 32.1 Å². The molecule has 0 aromatic rings. The van der Waals surface area contributed by atoms with Crippen LogP contribution in [0.2, 0.25) is 0 Å². The molecule has 1 heterocycles. The monoisotopic (exact) mass is 264 g/mol. The third-order valence-electron chi connectivity index (χ3n) is 4.66. The van der Waals surface area contributed by atoms with Gasteiger partial charge in [-0.3, -0.25) is 0 Å². The lowest BCUT2D eigenvalue weighted by atomic mass is 9.92. The van der Waals surface area contributed by atoms with Crippen LogP contribution in [0.5, 0.6) is 0 Å². The SMILES string of the molecule is NCC1CCCC1CN1CCC(C(F)(F)F)CC1. The Morgan fingerprint density at radius 2 is 1.61 bits per heavy atom. The lowest BCUT2D eigenvalue weighted by Gasteiger charge is -2.35. The van der Waals surface area contributed by atoms with Gasteiger partial charge in [0.05, 0.1) is 5.92 Å². The molecule has 1 saturated carbocycles. The van der Waals surface area contributed by atoms with Gasteiger partial charge in [-0.1, -0.05) is 6.42 Å². The van der Waals surface area contributed by atoms with Gasteiger partial charge < -0.3 is 10.6 Å². The van der Waals surface area contributed by atoms with Gasteiger partial charge in [0.25, 0.3) is 0 Å². The number of alkyl halides is 3. The van der Waals surface area contributed by atoms with Crippen molar-refractivity contribution in [3.05, 3.63) is 0 Å². The van der Waals surface area contributed by atoms with E-state index in [2.05, 4.69) is 4.90 Å².